The Morgan fingerprint density at radius 3 is 2.65 bits per heavy atom. The van der Waals surface area contributed by atoms with Gasteiger partial charge in [0.2, 0.25) is 0 Å². The van der Waals surface area contributed by atoms with Crippen LogP contribution in [0.5, 0.6) is 5.75 Å². The van der Waals surface area contributed by atoms with Gasteiger partial charge in [-0.2, -0.15) is 0 Å². The van der Waals surface area contributed by atoms with Crippen LogP contribution in [0.15, 0.2) is 70.2 Å². The smallest absolute Gasteiger partial charge is 0.134 e. The molecule has 34 heavy (non-hydrogen) atoms. The van der Waals surface area contributed by atoms with Gasteiger partial charge in [0.05, 0.1) is 0 Å². The van der Waals surface area contributed by atoms with E-state index in [2.05, 4.69) is 45.1 Å². The van der Waals surface area contributed by atoms with Gasteiger partial charge in [0.1, 0.15) is 30.7 Å². The lowest BCUT2D eigenvalue weighted by atomic mass is 9.78. The van der Waals surface area contributed by atoms with Crippen molar-refractivity contribution in [1.82, 2.24) is 9.80 Å². The second kappa shape index (κ2) is 9.35. The second-order valence-electron chi connectivity index (χ2n) is 10.0. The summed E-state index contributed by atoms with van der Waals surface area (Å²) in [7, 11) is 0. The van der Waals surface area contributed by atoms with Crippen molar-refractivity contribution in [2.75, 3.05) is 26.2 Å². The molecule has 0 aromatic heterocycles. The van der Waals surface area contributed by atoms with Gasteiger partial charge < -0.3 is 15.4 Å². The number of fused-ring (bicyclic) bond motifs is 1. The summed E-state index contributed by atoms with van der Waals surface area (Å²) in [5, 5.41) is 0. The lowest BCUT2D eigenvalue weighted by molar-refractivity contribution is 0.0590. The number of amidine groups is 1. The predicted octanol–water partition coefficient (Wildman–Crippen LogP) is 3.93. The van der Waals surface area contributed by atoms with Crippen molar-refractivity contribution in [3.63, 3.8) is 0 Å². The van der Waals surface area contributed by atoms with E-state index >= 15 is 0 Å². The molecule has 4 aliphatic rings. The summed E-state index contributed by atoms with van der Waals surface area (Å²) in [4.78, 5) is 14.3. The fraction of sp³-hybridized carbons (Fsp3) is 0.429. The minimum atomic E-state index is -0.0147. The average molecular weight is 456 g/mol. The maximum Gasteiger partial charge on any atom is 0.134 e. The highest BCUT2D eigenvalue weighted by atomic mass is 16.5. The molecule has 1 unspecified atom stereocenters. The zero-order valence-electron chi connectivity index (χ0n) is 19.6. The molecule has 6 nitrogen and oxygen atoms in total. The van der Waals surface area contributed by atoms with Crippen LogP contribution in [0.4, 0.5) is 0 Å². The van der Waals surface area contributed by atoms with Crippen molar-refractivity contribution >= 4 is 17.7 Å². The Morgan fingerprint density at radius 2 is 1.82 bits per heavy atom. The Kier molecular flexibility index (Phi) is 5.93. The normalized spacial score (nSPS) is 26.9. The van der Waals surface area contributed by atoms with Gasteiger partial charge in [-0.05, 0) is 73.5 Å². The summed E-state index contributed by atoms with van der Waals surface area (Å²) >= 11 is 0. The van der Waals surface area contributed by atoms with Crippen LogP contribution in [0.1, 0.15) is 36.8 Å². The van der Waals surface area contributed by atoms with E-state index in [-0.39, 0.29) is 6.17 Å². The molecule has 0 radical (unpaired) electrons. The Labute approximate surface area is 201 Å². The van der Waals surface area contributed by atoms with Crippen LogP contribution in [-0.2, 0) is 6.61 Å². The topological polar surface area (TPSA) is 66.5 Å². The summed E-state index contributed by atoms with van der Waals surface area (Å²) in [5.41, 5.74) is 11.0. The van der Waals surface area contributed by atoms with Crippen molar-refractivity contribution in [3.8, 4) is 5.75 Å². The number of benzene rings is 2. The molecule has 2 aromatic rings. The highest BCUT2D eigenvalue weighted by Gasteiger charge is 2.44. The van der Waals surface area contributed by atoms with Crippen molar-refractivity contribution in [3.05, 3.63) is 71.3 Å². The fourth-order valence-electron chi connectivity index (χ4n) is 5.89. The fourth-order valence-corrected chi connectivity index (χ4v) is 5.89. The molecule has 3 heterocycles. The van der Waals surface area contributed by atoms with E-state index in [9.17, 15) is 0 Å². The summed E-state index contributed by atoms with van der Waals surface area (Å²) < 4.78 is 6.11. The standard InChI is InChI=1S/C28H33N5O/c29-27-26-25(22-9-6-10-24(15-22)34-18-20-7-2-1-3-8-20)17-33(28(26)31-19-30-27)23-13-21(14-23)16-32-11-4-5-12-32/h1-3,6-10,15,19,21,23,28H,4-5,11-14,16-18H2,(H2,29,30,31). The number of ether oxygens (including phenoxy) is 1. The lowest BCUT2D eigenvalue weighted by Gasteiger charge is -2.44. The van der Waals surface area contributed by atoms with E-state index < -0.39 is 0 Å². The van der Waals surface area contributed by atoms with Gasteiger partial charge >= 0.3 is 0 Å². The molecule has 0 amide bonds. The second-order valence-corrected chi connectivity index (χ2v) is 10.0. The van der Waals surface area contributed by atoms with Crippen LogP contribution in [0.25, 0.3) is 5.57 Å². The third kappa shape index (κ3) is 4.28. The molecule has 2 N–H and O–H groups in total. The van der Waals surface area contributed by atoms with Crippen LogP contribution in [0, 0.1) is 5.92 Å². The lowest BCUT2D eigenvalue weighted by Crippen LogP contribution is -2.50. The van der Waals surface area contributed by atoms with Gasteiger partial charge in [0, 0.05) is 24.7 Å². The largest absolute Gasteiger partial charge is 0.489 e. The first-order chi connectivity index (χ1) is 16.7. The minimum Gasteiger partial charge on any atom is -0.489 e. The maximum absolute atomic E-state index is 6.41. The zero-order chi connectivity index (χ0) is 22.9. The van der Waals surface area contributed by atoms with Crippen LogP contribution in [0.2, 0.25) is 0 Å². The average Bonchev–Trinajstić information content (AvgIpc) is 3.49. The molecule has 1 atom stereocenters. The van der Waals surface area contributed by atoms with Crippen LogP contribution in [0.3, 0.4) is 0 Å². The van der Waals surface area contributed by atoms with Crippen LogP contribution >= 0.6 is 0 Å². The molecule has 2 fully saturated rings. The van der Waals surface area contributed by atoms with Crippen molar-refractivity contribution in [2.24, 2.45) is 21.6 Å². The first-order valence-electron chi connectivity index (χ1n) is 12.6. The van der Waals surface area contributed by atoms with E-state index in [4.69, 9.17) is 15.5 Å². The number of hydrogen-bond donors (Lipinski definition) is 1. The molecule has 176 valence electrons. The van der Waals surface area contributed by atoms with Gasteiger partial charge in [0.15, 0.2) is 0 Å². The predicted molar refractivity (Wildman–Crippen MR) is 137 cm³/mol. The zero-order valence-corrected chi connectivity index (χ0v) is 19.6. The van der Waals surface area contributed by atoms with E-state index in [1.54, 1.807) is 6.34 Å². The molecule has 0 bridgehead atoms. The number of rotatable bonds is 7. The molecule has 1 saturated carbocycles. The Hall–Kier alpha value is -2.96. The number of nitrogens with two attached hydrogens (primary N) is 1. The van der Waals surface area contributed by atoms with Crippen molar-refractivity contribution < 1.29 is 4.74 Å². The highest BCUT2D eigenvalue weighted by Crippen LogP contribution is 2.42. The third-order valence-corrected chi connectivity index (χ3v) is 7.74. The third-order valence-electron chi connectivity index (χ3n) is 7.74. The minimum absolute atomic E-state index is 0.0147. The first-order valence-corrected chi connectivity index (χ1v) is 12.6. The molecule has 1 saturated heterocycles. The molecule has 2 aromatic carbocycles. The van der Waals surface area contributed by atoms with Crippen LogP contribution < -0.4 is 10.5 Å². The maximum atomic E-state index is 6.41. The molecule has 1 aliphatic carbocycles. The summed E-state index contributed by atoms with van der Waals surface area (Å²) in [6, 6.07) is 19.2. The Balaban J connectivity index is 1.17. The van der Waals surface area contributed by atoms with Crippen LogP contribution in [-0.4, -0.2) is 60.4 Å². The van der Waals surface area contributed by atoms with Crippen molar-refractivity contribution in [1.29, 1.82) is 0 Å². The molecular formula is C28H33N5O. The van der Waals surface area contributed by atoms with E-state index in [1.165, 1.54) is 50.9 Å². The summed E-state index contributed by atoms with van der Waals surface area (Å²) in [5.74, 6) is 2.28. The Bertz CT molecular complexity index is 1110. The molecular weight excluding hydrogens is 422 g/mol. The van der Waals surface area contributed by atoms with E-state index in [1.807, 2.05) is 24.3 Å². The number of likely N-dealkylation sites (tertiary alicyclic amines) is 1. The van der Waals surface area contributed by atoms with Gasteiger partial charge in [0.25, 0.3) is 0 Å². The van der Waals surface area contributed by atoms with Gasteiger partial charge in [-0.1, -0.05) is 42.5 Å². The number of nitrogens with zero attached hydrogens (tertiary/aromatic N) is 4. The molecule has 6 heteroatoms. The number of aliphatic imine (C=N–C) groups is 2. The van der Waals surface area contributed by atoms with Gasteiger partial charge in [-0.25, -0.2) is 9.98 Å². The quantitative estimate of drug-likeness (QED) is 0.687. The van der Waals surface area contributed by atoms with E-state index in [0.717, 1.165) is 34.9 Å². The van der Waals surface area contributed by atoms with Crippen molar-refractivity contribution in [2.45, 2.75) is 44.5 Å². The first kappa shape index (κ1) is 21.6. The van der Waals surface area contributed by atoms with E-state index in [0.29, 0.717) is 18.5 Å². The Morgan fingerprint density at radius 1 is 1.00 bits per heavy atom. The molecule has 3 aliphatic heterocycles. The SMILES string of the molecule is NC1=NC=NC2C1=C(c1cccc(OCc3ccccc3)c1)CN2C1CC(CN2CCCC2)C1. The van der Waals surface area contributed by atoms with Gasteiger partial charge in [-0.3, -0.25) is 4.90 Å². The monoisotopic (exact) mass is 455 g/mol. The summed E-state index contributed by atoms with van der Waals surface area (Å²) in [6.45, 7) is 5.23. The summed E-state index contributed by atoms with van der Waals surface area (Å²) in [6.07, 6.45) is 6.85. The van der Waals surface area contributed by atoms with Gasteiger partial charge in [-0.15, -0.1) is 0 Å². The molecule has 6 rings (SSSR count). The number of hydrogen-bond acceptors (Lipinski definition) is 6. The highest BCUT2D eigenvalue weighted by molar-refractivity contribution is 6.10. The molecule has 0 spiro atoms.